The van der Waals surface area contributed by atoms with Gasteiger partial charge in [-0.05, 0) is 12.1 Å². The maximum Gasteiger partial charge on any atom is 0.195 e. The van der Waals surface area contributed by atoms with Gasteiger partial charge in [0, 0.05) is 19.2 Å². The van der Waals surface area contributed by atoms with Gasteiger partial charge in [-0.2, -0.15) is 0 Å². The smallest absolute Gasteiger partial charge is 0.195 e. The van der Waals surface area contributed by atoms with Crippen LogP contribution in [0.5, 0.6) is 0 Å². The maximum absolute atomic E-state index is 10.9. The molecule has 0 aliphatic heterocycles. The molecule has 0 atom stereocenters. The first-order valence-corrected chi connectivity index (χ1v) is 3.63. The highest BCUT2D eigenvalue weighted by Crippen LogP contribution is 2.16. The summed E-state index contributed by atoms with van der Waals surface area (Å²) in [5.74, 6) is 0.289. The van der Waals surface area contributed by atoms with Gasteiger partial charge in [-0.25, -0.2) is 0 Å². The minimum absolute atomic E-state index is 0.0759. The van der Waals surface area contributed by atoms with Gasteiger partial charge in [0.15, 0.2) is 17.1 Å². The zero-order chi connectivity index (χ0) is 8.55. The predicted molar refractivity (Wildman–Crippen MR) is 44.0 cm³/mol. The average Bonchev–Trinajstić information content (AvgIpc) is 2.46. The van der Waals surface area contributed by atoms with Crippen molar-refractivity contribution in [1.29, 1.82) is 0 Å². The van der Waals surface area contributed by atoms with Crippen LogP contribution in [0, 0.1) is 0 Å². The largest absolute Gasteiger partial charge is 0.451 e. The van der Waals surface area contributed by atoms with E-state index < -0.39 is 0 Å². The monoisotopic (exact) mass is 161 g/mol. The molecule has 0 aliphatic carbocycles. The van der Waals surface area contributed by atoms with Crippen molar-refractivity contribution in [2.24, 2.45) is 0 Å². The summed E-state index contributed by atoms with van der Waals surface area (Å²) in [6.07, 6.45) is 1.67. The third-order valence-corrected chi connectivity index (χ3v) is 1.63. The molecule has 0 aliphatic rings. The van der Waals surface area contributed by atoms with E-state index >= 15 is 0 Å². The maximum atomic E-state index is 10.9. The van der Waals surface area contributed by atoms with Crippen LogP contribution in [0.15, 0.2) is 28.8 Å². The Kier molecular flexibility index (Phi) is 1.43. The van der Waals surface area contributed by atoms with Gasteiger partial charge >= 0.3 is 0 Å². The lowest BCUT2D eigenvalue weighted by molar-refractivity contribution is 0.0989. The van der Waals surface area contributed by atoms with E-state index in [4.69, 9.17) is 4.42 Å². The molecular weight excluding hydrogens is 154 g/mol. The number of aromatic nitrogens is 1. The predicted octanol–water partition coefficient (Wildman–Crippen LogP) is 2.03. The van der Waals surface area contributed by atoms with E-state index in [0.717, 1.165) is 5.52 Å². The highest BCUT2D eigenvalue weighted by atomic mass is 16.3. The van der Waals surface area contributed by atoms with Crippen molar-refractivity contribution in [3.63, 3.8) is 0 Å². The summed E-state index contributed by atoms with van der Waals surface area (Å²) in [6, 6.07) is 5.21. The Morgan fingerprint density at radius 1 is 1.58 bits per heavy atom. The van der Waals surface area contributed by atoms with Crippen molar-refractivity contribution in [3.05, 3.63) is 30.2 Å². The molecule has 0 bridgehead atoms. The molecule has 2 aromatic heterocycles. The fraction of sp³-hybridized carbons (Fsp3) is 0.111. The molecule has 3 nitrogen and oxygen atoms in total. The molecule has 0 unspecified atom stereocenters. The SMILES string of the molecule is CC(=O)c1cc2ncccc2o1. The first-order chi connectivity index (χ1) is 5.77. The molecule has 0 fully saturated rings. The normalized spacial score (nSPS) is 10.4. The highest BCUT2D eigenvalue weighted by Gasteiger charge is 2.06. The number of ketones is 1. The van der Waals surface area contributed by atoms with Crippen molar-refractivity contribution in [1.82, 2.24) is 4.98 Å². The first kappa shape index (κ1) is 7.03. The summed E-state index contributed by atoms with van der Waals surface area (Å²) >= 11 is 0. The summed E-state index contributed by atoms with van der Waals surface area (Å²) in [6.45, 7) is 1.47. The molecule has 0 N–H and O–H groups in total. The van der Waals surface area contributed by atoms with Crippen molar-refractivity contribution in [2.45, 2.75) is 6.92 Å². The van der Waals surface area contributed by atoms with Crippen LogP contribution in [0.1, 0.15) is 17.5 Å². The highest BCUT2D eigenvalue weighted by molar-refractivity contribution is 5.94. The lowest BCUT2D eigenvalue weighted by Crippen LogP contribution is -1.85. The van der Waals surface area contributed by atoms with Crippen LogP contribution in [0.25, 0.3) is 11.1 Å². The summed E-state index contributed by atoms with van der Waals surface area (Å²) < 4.78 is 5.22. The van der Waals surface area contributed by atoms with Gasteiger partial charge in [-0.1, -0.05) is 0 Å². The van der Waals surface area contributed by atoms with Crippen molar-refractivity contribution >= 4 is 16.9 Å². The van der Waals surface area contributed by atoms with Gasteiger partial charge in [0.2, 0.25) is 0 Å². The minimum Gasteiger partial charge on any atom is -0.451 e. The second-order valence-electron chi connectivity index (χ2n) is 2.55. The van der Waals surface area contributed by atoms with Gasteiger partial charge in [-0.15, -0.1) is 0 Å². The molecule has 2 rings (SSSR count). The molecule has 2 aromatic rings. The molecule has 60 valence electrons. The van der Waals surface area contributed by atoms with Crippen LogP contribution < -0.4 is 0 Å². The Balaban J connectivity index is 2.70. The third kappa shape index (κ3) is 0.993. The molecular formula is C9H7NO2. The first-order valence-electron chi connectivity index (χ1n) is 3.63. The van der Waals surface area contributed by atoms with Crippen LogP contribution in [0.2, 0.25) is 0 Å². The number of fused-ring (bicyclic) bond motifs is 1. The molecule has 0 radical (unpaired) electrons. The number of Topliss-reactive ketones (excluding diaryl/α,β-unsaturated/α-hetero) is 1. The molecule has 0 saturated heterocycles. The Labute approximate surface area is 69.0 Å². The number of nitrogens with zero attached hydrogens (tertiary/aromatic N) is 1. The fourth-order valence-corrected chi connectivity index (χ4v) is 1.04. The van der Waals surface area contributed by atoms with E-state index in [0.29, 0.717) is 11.3 Å². The average molecular weight is 161 g/mol. The van der Waals surface area contributed by atoms with Gasteiger partial charge < -0.3 is 4.42 Å². The Morgan fingerprint density at radius 3 is 3.08 bits per heavy atom. The van der Waals surface area contributed by atoms with Crippen LogP contribution in [0.4, 0.5) is 0 Å². The van der Waals surface area contributed by atoms with Crippen LogP contribution >= 0.6 is 0 Å². The number of hydrogen-bond acceptors (Lipinski definition) is 3. The number of furan rings is 1. The zero-order valence-electron chi connectivity index (χ0n) is 6.57. The summed E-state index contributed by atoms with van der Waals surface area (Å²) in [4.78, 5) is 14.9. The molecule has 3 heteroatoms. The molecule has 0 saturated carbocycles. The van der Waals surface area contributed by atoms with Gasteiger partial charge in [0.25, 0.3) is 0 Å². The van der Waals surface area contributed by atoms with E-state index in [9.17, 15) is 4.79 Å². The number of carbonyl (C=O) groups is 1. The van der Waals surface area contributed by atoms with E-state index in [1.54, 1.807) is 24.4 Å². The number of hydrogen-bond donors (Lipinski definition) is 0. The van der Waals surface area contributed by atoms with Gasteiger partial charge in [0.05, 0.1) is 0 Å². The Bertz CT molecular complexity index is 398. The third-order valence-electron chi connectivity index (χ3n) is 1.63. The molecule has 0 amide bonds. The van der Waals surface area contributed by atoms with Crippen molar-refractivity contribution < 1.29 is 9.21 Å². The lowest BCUT2D eigenvalue weighted by Gasteiger charge is -1.83. The lowest BCUT2D eigenvalue weighted by atomic mass is 10.3. The van der Waals surface area contributed by atoms with Gasteiger partial charge in [0.1, 0.15) is 5.52 Å². The minimum atomic E-state index is -0.0759. The number of carbonyl (C=O) groups excluding carboxylic acids is 1. The van der Waals surface area contributed by atoms with Crippen molar-refractivity contribution in [3.8, 4) is 0 Å². The zero-order valence-corrected chi connectivity index (χ0v) is 6.57. The summed E-state index contributed by atoms with van der Waals surface area (Å²) in [5.41, 5.74) is 1.38. The van der Waals surface area contributed by atoms with Gasteiger partial charge in [-0.3, -0.25) is 9.78 Å². The summed E-state index contributed by atoms with van der Waals surface area (Å²) in [7, 11) is 0. The van der Waals surface area contributed by atoms with Crippen LogP contribution in [0.3, 0.4) is 0 Å². The van der Waals surface area contributed by atoms with E-state index in [1.807, 2.05) is 0 Å². The van der Waals surface area contributed by atoms with Crippen LogP contribution in [-0.2, 0) is 0 Å². The van der Waals surface area contributed by atoms with E-state index in [1.165, 1.54) is 6.92 Å². The molecule has 0 aromatic carbocycles. The Hall–Kier alpha value is -1.64. The number of rotatable bonds is 1. The van der Waals surface area contributed by atoms with E-state index in [2.05, 4.69) is 4.98 Å². The Morgan fingerprint density at radius 2 is 2.42 bits per heavy atom. The second-order valence-corrected chi connectivity index (χ2v) is 2.55. The van der Waals surface area contributed by atoms with Crippen molar-refractivity contribution in [2.75, 3.05) is 0 Å². The quantitative estimate of drug-likeness (QED) is 0.601. The number of pyridine rings is 1. The standard InChI is InChI=1S/C9H7NO2/c1-6(11)9-5-7-8(12-9)3-2-4-10-7/h2-5H,1H3. The topological polar surface area (TPSA) is 43.1 Å². The fourth-order valence-electron chi connectivity index (χ4n) is 1.04. The molecule has 2 heterocycles. The van der Waals surface area contributed by atoms with E-state index in [-0.39, 0.29) is 5.78 Å². The molecule has 0 spiro atoms. The van der Waals surface area contributed by atoms with Crippen LogP contribution in [-0.4, -0.2) is 10.8 Å². The summed E-state index contributed by atoms with van der Waals surface area (Å²) in [5, 5.41) is 0. The second kappa shape index (κ2) is 2.44. The molecule has 12 heavy (non-hydrogen) atoms.